The molecule has 2 atom stereocenters. The lowest BCUT2D eigenvalue weighted by atomic mass is 10.3. The van der Waals surface area contributed by atoms with Gasteiger partial charge in [-0.15, -0.1) is 0 Å². The summed E-state index contributed by atoms with van der Waals surface area (Å²) in [5, 5.41) is 0. The first-order chi connectivity index (χ1) is 12.9. The number of hydrogen-bond acceptors (Lipinski definition) is 5. The first kappa shape index (κ1) is 20.5. The molecule has 0 amide bonds. The first-order valence-corrected chi connectivity index (χ1v) is 10.8. The van der Waals surface area contributed by atoms with Crippen LogP contribution in [0.4, 0.5) is 4.39 Å². The maximum atomic E-state index is 13.5. The van der Waals surface area contributed by atoms with Crippen molar-refractivity contribution >= 4 is 10.2 Å². The van der Waals surface area contributed by atoms with E-state index in [9.17, 15) is 12.8 Å². The molecular formula is C18H28FN3O4S. The van der Waals surface area contributed by atoms with Gasteiger partial charge in [-0.3, -0.25) is 4.90 Å². The van der Waals surface area contributed by atoms with Gasteiger partial charge in [-0.25, -0.2) is 4.39 Å². The third-order valence-electron chi connectivity index (χ3n) is 4.87. The van der Waals surface area contributed by atoms with E-state index < -0.39 is 10.2 Å². The van der Waals surface area contributed by atoms with Crippen LogP contribution in [0.3, 0.4) is 0 Å². The molecule has 0 N–H and O–H groups in total. The fourth-order valence-corrected chi connectivity index (χ4v) is 5.26. The van der Waals surface area contributed by atoms with Crippen LogP contribution in [0, 0.1) is 5.82 Å². The van der Waals surface area contributed by atoms with Gasteiger partial charge in [0.25, 0.3) is 10.2 Å². The van der Waals surface area contributed by atoms with Gasteiger partial charge >= 0.3 is 0 Å². The topological polar surface area (TPSA) is 62.3 Å². The molecule has 2 saturated heterocycles. The second kappa shape index (κ2) is 8.83. The van der Waals surface area contributed by atoms with E-state index in [1.165, 1.54) is 10.4 Å². The van der Waals surface area contributed by atoms with E-state index >= 15 is 0 Å². The van der Waals surface area contributed by atoms with Crippen molar-refractivity contribution in [2.75, 3.05) is 52.4 Å². The number of hydrogen-bond donors (Lipinski definition) is 0. The van der Waals surface area contributed by atoms with Crippen LogP contribution in [-0.2, 0) is 14.9 Å². The lowest BCUT2D eigenvalue weighted by Crippen LogP contribution is -2.57. The SMILES string of the molecule is C[C@@H]1CN(S(=O)(=O)N2CCN(CCOc3ccccc3F)CC2)C[C@H](C)O1. The molecule has 1 aromatic carbocycles. The van der Waals surface area contributed by atoms with E-state index in [0.29, 0.717) is 52.4 Å². The molecular weight excluding hydrogens is 373 g/mol. The quantitative estimate of drug-likeness (QED) is 0.716. The highest BCUT2D eigenvalue weighted by Crippen LogP contribution is 2.19. The highest BCUT2D eigenvalue weighted by molar-refractivity contribution is 7.86. The lowest BCUT2D eigenvalue weighted by Gasteiger charge is -2.40. The predicted octanol–water partition coefficient (Wildman–Crippen LogP) is 1.18. The largest absolute Gasteiger partial charge is 0.489 e. The summed E-state index contributed by atoms with van der Waals surface area (Å²) in [5.41, 5.74) is 0. The molecule has 0 bridgehead atoms. The molecule has 2 fully saturated rings. The number of halogens is 1. The summed E-state index contributed by atoms with van der Waals surface area (Å²) >= 11 is 0. The zero-order valence-corrected chi connectivity index (χ0v) is 16.7. The Balaban J connectivity index is 1.46. The number of nitrogens with zero attached hydrogens (tertiary/aromatic N) is 3. The van der Waals surface area contributed by atoms with E-state index in [1.54, 1.807) is 22.5 Å². The van der Waals surface area contributed by atoms with Gasteiger partial charge in [0, 0.05) is 45.8 Å². The summed E-state index contributed by atoms with van der Waals surface area (Å²) in [5.74, 6) is -0.128. The Morgan fingerprint density at radius 1 is 1.07 bits per heavy atom. The Morgan fingerprint density at radius 3 is 2.33 bits per heavy atom. The number of piperazine rings is 1. The average Bonchev–Trinajstić information content (AvgIpc) is 2.63. The Hall–Kier alpha value is -1.26. The van der Waals surface area contributed by atoms with E-state index in [2.05, 4.69) is 4.90 Å². The maximum Gasteiger partial charge on any atom is 0.282 e. The van der Waals surface area contributed by atoms with Crippen molar-refractivity contribution in [1.82, 2.24) is 13.5 Å². The summed E-state index contributed by atoms with van der Waals surface area (Å²) in [6, 6.07) is 6.32. The van der Waals surface area contributed by atoms with Gasteiger partial charge in [-0.1, -0.05) is 12.1 Å². The van der Waals surface area contributed by atoms with E-state index in [4.69, 9.17) is 9.47 Å². The molecule has 152 valence electrons. The zero-order valence-electron chi connectivity index (χ0n) is 15.9. The number of benzene rings is 1. The van der Waals surface area contributed by atoms with E-state index in [1.807, 2.05) is 13.8 Å². The predicted molar refractivity (Wildman–Crippen MR) is 100 cm³/mol. The smallest absolute Gasteiger partial charge is 0.282 e. The zero-order chi connectivity index (χ0) is 19.4. The molecule has 0 unspecified atom stereocenters. The van der Waals surface area contributed by atoms with Gasteiger partial charge in [0.15, 0.2) is 11.6 Å². The molecule has 7 nitrogen and oxygen atoms in total. The maximum absolute atomic E-state index is 13.5. The average molecular weight is 402 g/mol. The number of rotatable bonds is 6. The summed E-state index contributed by atoms with van der Waals surface area (Å²) in [6.45, 7) is 7.74. The molecule has 2 aliphatic rings. The van der Waals surface area contributed by atoms with Crippen molar-refractivity contribution in [3.05, 3.63) is 30.1 Å². The molecule has 0 radical (unpaired) electrons. The molecule has 0 spiro atoms. The van der Waals surface area contributed by atoms with Crippen LogP contribution in [0.2, 0.25) is 0 Å². The number of ether oxygens (including phenoxy) is 2. The van der Waals surface area contributed by atoms with E-state index in [-0.39, 0.29) is 23.8 Å². The molecule has 9 heteroatoms. The molecule has 3 rings (SSSR count). The fraction of sp³-hybridized carbons (Fsp3) is 0.667. The van der Waals surface area contributed by atoms with Gasteiger partial charge in [-0.2, -0.15) is 17.0 Å². The Bertz CT molecular complexity index is 715. The van der Waals surface area contributed by atoms with Crippen LogP contribution >= 0.6 is 0 Å². The minimum absolute atomic E-state index is 0.0969. The van der Waals surface area contributed by atoms with Gasteiger partial charge in [-0.05, 0) is 26.0 Å². The van der Waals surface area contributed by atoms with Crippen LogP contribution < -0.4 is 4.74 Å². The molecule has 27 heavy (non-hydrogen) atoms. The molecule has 2 heterocycles. The van der Waals surface area contributed by atoms with Crippen molar-refractivity contribution < 1.29 is 22.3 Å². The highest BCUT2D eigenvalue weighted by Gasteiger charge is 2.36. The molecule has 0 aromatic heterocycles. The van der Waals surface area contributed by atoms with Crippen LogP contribution in [-0.4, -0.2) is 86.6 Å². The molecule has 2 aliphatic heterocycles. The van der Waals surface area contributed by atoms with Crippen molar-refractivity contribution in [2.24, 2.45) is 0 Å². The fourth-order valence-electron chi connectivity index (χ4n) is 3.51. The molecule has 1 aromatic rings. The van der Waals surface area contributed by atoms with Gasteiger partial charge < -0.3 is 9.47 Å². The Kier molecular flexibility index (Phi) is 6.69. The summed E-state index contributed by atoms with van der Waals surface area (Å²) in [6.07, 6.45) is -0.194. The summed E-state index contributed by atoms with van der Waals surface area (Å²) < 4.78 is 53.5. The molecule has 0 aliphatic carbocycles. The van der Waals surface area contributed by atoms with Gasteiger partial charge in [0.2, 0.25) is 0 Å². The number of para-hydroxylation sites is 1. The number of morpholine rings is 1. The second-order valence-corrected chi connectivity index (χ2v) is 9.03. The third-order valence-corrected chi connectivity index (χ3v) is 6.84. The Morgan fingerprint density at radius 2 is 1.70 bits per heavy atom. The van der Waals surface area contributed by atoms with Gasteiger partial charge in [0.05, 0.1) is 12.2 Å². The van der Waals surface area contributed by atoms with Crippen molar-refractivity contribution in [3.8, 4) is 5.75 Å². The van der Waals surface area contributed by atoms with Crippen LogP contribution in [0.25, 0.3) is 0 Å². The monoisotopic (exact) mass is 401 g/mol. The summed E-state index contributed by atoms with van der Waals surface area (Å²) in [7, 11) is -3.46. The normalized spacial score (nSPS) is 26.2. The van der Waals surface area contributed by atoms with Crippen molar-refractivity contribution in [1.29, 1.82) is 0 Å². The van der Waals surface area contributed by atoms with Crippen molar-refractivity contribution in [3.63, 3.8) is 0 Å². The van der Waals surface area contributed by atoms with Crippen LogP contribution in [0.15, 0.2) is 24.3 Å². The first-order valence-electron chi connectivity index (χ1n) is 9.36. The van der Waals surface area contributed by atoms with E-state index in [0.717, 1.165) is 0 Å². The van der Waals surface area contributed by atoms with Crippen LogP contribution in [0.1, 0.15) is 13.8 Å². The Labute approximate surface area is 160 Å². The second-order valence-electron chi connectivity index (χ2n) is 7.10. The highest BCUT2D eigenvalue weighted by atomic mass is 32.2. The minimum atomic E-state index is -3.46. The minimum Gasteiger partial charge on any atom is -0.489 e. The van der Waals surface area contributed by atoms with Crippen LogP contribution in [0.5, 0.6) is 5.75 Å². The standard InChI is InChI=1S/C18H28FN3O4S/c1-15-13-22(14-16(2)26-15)27(23,24)21-9-7-20(8-10-21)11-12-25-18-6-4-3-5-17(18)19/h3-6,15-16H,7-14H2,1-2H3/t15-,16+. The molecule has 0 saturated carbocycles. The van der Waals surface area contributed by atoms with Gasteiger partial charge in [0.1, 0.15) is 6.61 Å². The lowest BCUT2D eigenvalue weighted by molar-refractivity contribution is -0.0457. The van der Waals surface area contributed by atoms with Crippen molar-refractivity contribution in [2.45, 2.75) is 26.1 Å². The summed E-state index contributed by atoms with van der Waals surface area (Å²) in [4.78, 5) is 2.14. The third kappa shape index (κ3) is 5.17.